The summed E-state index contributed by atoms with van der Waals surface area (Å²) in [4.78, 5) is 20.5. The summed E-state index contributed by atoms with van der Waals surface area (Å²) < 4.78 is 1.81. The van der Waals surface area contributed by atoms with Gasteiger partial charge >= 0.3 is 0 Å². The van der Waals surface area contributed by atoms with Crippen LogP contribution in [0.15, 0.2) is 6.07 Å². The lowest BCUT2D eigenvalue weighted by Gasteiger charge is -2.23. The smallest absolute Gasteiger partial charge is 0.252 e. The van der Waals surface area contributed by atoms with Crippen molar-refractivity contribution in [2.75, 3.05) is 26.2 Å². The van der Waals surface area contributed by atoms with Crippen molar-refractivity contribution in [3.05, 3.63) is 23.0 Å². The van der Waals surface area contributed by atoms with E-state index < -0.39 is 0 Å². The maximum Gasteiger partial charge on any atom is 0.252 e. The monoisotopic (exact) mass is 367 g/mol. The summed E-state index contributed by atoms with van der Waals surface area (Å²) in [5.74, 6) is 0.550. The summed E-state index contributed by atoms with van der Waals surface area (Å²) in [7, 11) is 1.91. The average Bonchev–Trinajstić information content (AvgIpc) is 3.56. The van der Waals surface area contributed by atoms with Gasteiger partial charge in [-0.1, -0.05) is 0 Å². The molecular weight excluding hydrogens is 338 g/mol. The molecule has 3 aliphatic rings. The highest BCUT2D eigenvalue weighted by atomic mass is 16.1. The van der Waals surface area contributed by atoms with Gasteiger partial charge in [-0.25, -0.2) is 4.98 Å². The van der Waals surface area contributed by atoms with Crippen LogP contribution in [-0.2, 0) is 7.05 Å². The van der Waals surface area contributed by atoms with Crippen LogP contribution in [0.5, 0.6) is 0 Å². The Morgan fingerprint density at radius 1 is 1.30 bits per heavy atom. The fourth-order valence-electron chi connectivity index (χ4n) is 4.58. The van der Waals surface area contributed by atoms with Crippen molar-refractivity contribution < 1.29 is 4.79 Å². The Hall–Kier alpha value is -1.95. The first-order chi connectivity index (χ1) is 13.0. The van der Waals surface area contributed by atoms with Gasteiger partial charge < -0.3 is 10.2 Å². The molecule has 1 aliphatic heterocycles. The standard InChI is InChI=1S/C21H29N5O/c1-14-18-16(11-17(15-5-6-15)23-19(18)25(2)24-14)20(27)22-12-21(7-8-21)13-26-9-3-4-10-26/h11,15H,3-10,12-13H2,1-2H3,(H,22,27). The zero-order valence-corrected chi connectivity index (χ0v) is 16.4. The number of hydrogen-bond acceptors (Lipinski definition) is 4. The molecule has 2 saturated carbocycles. The number of nitrogens with zero attached hydrogens (tertiary/aromatic N) is 4. The second-order valence-corrected chi connectivity index (χ2v) is 8.94. The van der Waals surface area contributed by atoms with Gasteiger partial charge in [0.25, 0.3) is 5.91 Å². The maximum absolute atomic E-state index is 13.1. The Labute approximate surface area is 160 Å². The number of pyridine rings is 1. The average molecular weight is 367 g/mol. The number of amides is 1. The van der Waals surface area contributed by atoms with E-state index in [4.69, 9.17) is 4.98 Å². The van der Waals surface area contributed by atoms with Crippen LogP contribution in [0.3, 0.4) is 0 Å². The van der Waals surface area contributed by atoms with Gasteiger partial charge in [0.05, 0.1) is 16.6 Å². The maximum atomic E-state index is 13.1. The van der Waals surface area contributed by atoms with E-state index in [2.05, 4.69) is 15.3 Å². The lowest BCUT2D eigenvalue weighted by Crippen LogP contribution is -2.37. The third kappa shape index (κ3) is 3.24. The minimum absolute atomic E-state index is 0.0353. The van der Waals surface area contributed by atoms with Crippen molar-refractivity contribution in [2.24, 2.45) is 12.5 Å². The third-order valence-electron chi connectivity index (χ3n) is 6.57. The van der Waals surface area contributed by atoms with E-state index in [1.54, 1.807) is 0 Å². The van der Waals surface area contributed by atoms with Crippen molar-refractivity contribution in [3.63, 3.8) is 0 Å². The number of rotatable bonds is 6. The van der Waals surface area contributed by atoms with Crippen LogP contribution < -0.4 is 5.32 Å². The molecule has 3 fully saturated rings. The Bertz CT molecular complexity index is 888. The molecule has 0 spiro atoms. The van der Waals surface area contributed by atoms with Gasteiger partial charge in [0.15, 0.2) is 5.65 Å². The number of nitrogens with one attached hydrogen (secondary N) is 1. The first kappa shape index (κ1) is 17.2. The van der Waals surface area contributed by atoms with Crippen LogP contribution in [0, 0.1) is 12.3 Å². The largest absolute Gasteiger partial charge is 0.351 e. The summed E-state index contributed by atoms with van der Waals surface area (Å²) in [6.07, 6.45) is 7.46. The van der Waals surface area contributed by atoms with Crippen molar-refractivity contribution in [3.8, 4) is 0 Å². The zero-order chi connectivity index (χ0) is 18.6. The highest BCUT2D eigenvalue weighted by Gasteiger charge is 2.44. The molecule has 2 aliphatic carbocycles. The number of carbonyl (C=O) groups excluding carboxylic acids is 1. The van der Waals surface area contributed by atoms with Gasteiger partial charge in [-0.3, -0.25) is 9.48 Å². The highest BCUT2D eigenvalue weighted by molar-refractivity contribution is 6.06. The minimum atomic E-state index is 0.0353. The predicted molar refractivity (Wildman–Crippen MR) is 105 cm³/mol. The van der Waals surface area contributed by atoms with Gasteiger partial charge in [-0.15, -0.1) is 0 Å². The molecule has 1 N–H and O–H groups in total. The fourth-order valence-corrected chi connectivity index (χ4v) is 4.58. The van der Waals surface area contributed by atoms with Gasteiger partial charge in [0, 0.05) is 37.2 Å². The molecule has 3 heterocycles. The van der Waals surface area contributed by atoms with E-state index >= 15 is 0 Å². The molecule has 0 radical (unpaired) electrons. The fraction of sp³-hybridized carbons (Fsp3) is 0.667. The van der Waals surface area contributed by atoms with E-state index in [9.17, 15) is 4.79 Å². The summed E-state index contributed by atoms with van der Waals surface area (Å²) in [6.45, 7) is 6.33. The molecule has 1 saturated heterocycles. The lowest BCUT2D eigenvalue weighted by molar-refractivity contribution is 0.0941. The second kappa shape index (κ2) is 6.30. The summed E-state index contributed by atoms with van der Waals surface area (Å²) in [5, 5.41) is 8.68. The van der Waals surface area contributed by atoms with Crippen molar-refractivity contribution in [2.45, 2.75) is 51.4 Å². The van der Waals surface area contributed by atoms with Crippen LogP contribution in [0.25, 0.3) is 11.0 Å². The number of likely N-dealkylation sites (tertiary alicyclic amines) is 1. The Balaban J connectivity index is 1.37. The van der Waals surface area contributed by atoms with Gasteiger partial charge in [0.1, 0.15) is 0 Å². The van der Waals surface area contributed by atoms with Crippen LogP contribution in [-0.4, -0.2) is 51.8 Å². The van der Waals surface area contributed by atoms with E-state index in [0.717, 1.165) is 41.1 Å². The molecule has 144 valence electrons. The first-order valence-corrected chi connectivity index (χ1v) is 10.4. The minimum Gasteiger partial charge on any atom is -0.351 e. The van der Waals surface area contributed by atoms with Gasteiger partial charge in [-0.2, -0.15) is 5.10 Å². The quantitative estimate of drug-likeness (QED) is 0.853. The molecule has 5 rings (SSSR count). The van der Waals surface area contributed by atoms with Crippen LogP contribution in [0.4, 0.5) is 0 Å². The molecule has 1 amide bonds. The first-order valence-electron chi connectivity index (χ1n) is 10.4. The Kier molecular flexibility index (Phi) is 4.00. The van der Waals surface area contributed by atoms with E-state index in [1.165, 1.54) is 51.6 Å². The van der Waals surface area contributed by atoms with E-state index in [-0.39, 0.29) is 5.91 Å². The molecule has 0 bridgehead atoms. The molecular formula is C21H29N5O. The highest BCUT2D eigenvalue weighted by Crippen LogP contribution is 2.46. The molecule has 0 aromatic carbocycles. The molecule has 6 heteroatoms. The number of hydrogen-bond donors (Lipinski definition) is 1. The summed E-state index contributed by atoms with van der Waals surface area (Å²) in [6, 6.07) is 2.02. The molecule has 2 aromatic rings. The number of fused-ring (bicyclic) bond motifs is 1. The van der Waals surface area contributed by atoms with Crippen molar-refractivity contribution in [1.82, 2.24) is 25.0 Å². The van der Waals surface area contributed by atoms with Gasteiger partial charge in [-0.05, 0) is 64.6 Å². The topological polar surface area (TPSA) is 63.1 Å². The predicted octanol–water partition coefficient (Wildman–Crippen LogP) is 2.76. The number of carbonyl (C=O) groups is 1. The second-order valence-electron chi connectivity index (χ2n) is 8.94. The van der Waals surface area contributed by atoms with Crippen LogP contribution in [0.2, 0.25) is 0 Å². The van der Waals surface area contributed by atoms with Gasteiger partial charge in [0.2, 0.25) is 0 Å². The van der Waals surface area contributed by atoms with Crippen LogP contribution in [0.1, 0.15) is 66.2 Å². The van der Waals surface area contributed by atoms with Crippen molar-refractivity contribution >= 4 is 16.9 Å². The molecule has 2 aromatic heterocycles. The normalized spacial score (nSPS) is 21.7. The molecule has 6 nitrogen and oxygen atoms in total. The summed E-state index contributed by atoms with van der Waals surface area (Å²) >= 11 is 0. The summed E-state index contributed by atoms with van der Waals surface area (Å²) in [5.41, 5.74) is 3.82. The Morgan fingerprint density at radius 2 is 2.04 bits per heavy atom. The van der Waals surface area contributed by atoms with Crippen molar-refractivity contribution in [1.29, 1.82) is 0 Å². The zero-order valence-electron chi connectivity index (χ0n) is 16.4. The molecule has 0 atom stereocenters. The lowest BCUT2D eigenvalue weighted by atomic mass is 10.0. The van der Waals surface area contributed by atoms with Crippen LogP contribution >= 0.6 is 0 Å². The number of aryl methyl sites for hydroxylation is 2. The number of aromatic nitrogens is 3. The third-order valence-corrected chi connectivity index (χ3v) is 6.57. The molecule has 27 heavy (non-hydrogen) atoms. The SMILES string of the molecule is Cc1nn(C)c2nc(C3CC3)cc(C(=O)NCC3(CN4CCCC4)CC3)c12. The van der Waals surface area contributed by atoms with E-state index in [1.807, 2.05) is 24.7 Å². The molecule has 0 unspecified atom stereocenters. The van der Waals surface area contributed by atoms with E-state index in [0.29, 0.717) is 11.3 Å². The Morgan fingerprint density at radius 3 is 2.70 bits per heavy atom.